The van der Waals surface area contributed by atoms with Crippen LogP contribution < -0.4 is 10.2 Å². The number of hydrogen-bond acceptors (Lipinski definition) is 5. The molecule has 7 nitrogen and oxygen atoms in total. The normalized spacial score (nSPS) is 18.0. The summed E-state index contributed by atoms with van der Waals surface area (Å²) >= 11 is 0. The molecule has 2 aliphatic rings. The molecule has 0 unspecified atom stereocenters. The molecule has 2 aromatic carbocycles. The van der Waals surface area contributed by atoms with E-state index in [1.165, 1.54) is 10.4 Å². The fourth-order valence-electron chi connectivity index (χ4n) is 3.98. The molecule has 2 aliphatic heterocycles. The number of amides is 1. The number of benzene rings is 2. The first-order valence-electron chi connectivity index (χ1n) is 10.8. The summed E-state index contributed by atoms with van der Waals surface area (Å²) in [7, 11) is -3.56. The number of hydrogen-bond donors (Lipinski definition) is 1. The maximum atomic E-state index is 12.9. The highest BCUT2D eigenvalue weighted by molar-refractivity contribution is 7.89. The summed E-state index contributed by atoms with van der Waals surface area (Å²) < 4.78 is 32.7. The number of anilines is 1. The van der Waals surface area contributed by atoms with Gasteiger partial charge in [0.2, 0.25) is 10.0 Å². The molecule has 0 atom stereocenters. The first kappa shape index (κ1) is 21.8. The van der Waals surface area contributed by atoms with Gasteiger partial charge in [-0.3, -0.25) is 4.79 Å². The highest BCUT2D eigenvalue weighted by Gasteiger charge is 2.26. The van der Waals surface area contributed by atoms with E-state index in [-0.39, 0.29) is 10.8 Å². The van der Waals surface area contributed by atoms with Crippen LogP contribution in [0.15, 0.2) is 53.4 Å². The Kier molecular flexibility index (Phi) is 6.89. The summed E-state index contributed by atoms with van der Waals surface area (Å²) in [4.78, 5) is 15.1. The van der Waals surface area contributed by atoms with Crippen molar-refractivity contribution in [2.24, 2.45) is 0 Å². The predicted molar refractivity (Wildman–Crippen MR) is 120 cm³/mol. The lowest BCUT2D eigenvalue weighted by Gasteiger charge is -2.28. The van der Waals surface area contributed by atoms with E-state index >= 15 is 0 Å². The topological polar surface area (TPSA) is 79.0 Å². The molecule has 2 saturated heterocycles. The van der Waals surface area contributed by atoms with Crippen molar-refractivity contribution in [3.8, 4) is 0 Å². The molecule has 0 aromatic heterocycles. The number of sulfonamides is 1. The number of piperidine rings is 1. The third-order valence-electron chi connectivity index (χ3n) is 5.81. The van der Waals surface area contributed by atoms with Gasteiger partial charge in [0.25, 0.3) is 5.91 Å². The van der Waals surface area contributed by atoms with Crippen molar-refractivity contribution >= 4 is 21.6 Å². The van der Waals surface area contributed by atoms with Crippen LogP contribution in [0, 0.1) is 0 Å². The number of nitrogens with one attached hydrogen (secondary N) is 1. The summed E-state index contributed by atoms with van der Waals surface area (Å²) in [5.41, 5.74) is 2.49. The lowest BCUT2D eigenvalue weighted by atomic mass is 10.1. The predicted octanol–water partition coefficient (Wildman–Crippen LogP) is 2.63. The number of ether oxygens (including phenoxy) is 1. The molecule has 166 valence electrons. The van der Waals surface area contributed by atoms with Gasteiger partial charge in [0.05, 0.1) is 18.1 Å². The molecule has 31 heavy (non-hydrogen) atoms. The van der Waals surface area contributed by atoms with Crippen LogP contribution >= 0.6 is 0 Å². The molecule has 1 N–H and O–H groups in total. The maximum Gasteiger partial charge on any atom is 0.251 e. The van der Waals surface area contributed by atoms with E-state index in [2.05, 4.69) is 22.3 Å². The fraction of sp³-hybridized carbons (Fsp3) is 0.435. The SMILES string of the molecule is O=C(NCc1ccc(N2CCOCC2)cc1)c1cccc(S(=O)(=O)N2CCCCC2)c1. The lowest BCUT2D eigenvalue weighted by molar-refractivity contribution is 0.0950. The standard InChI is InChI=1S/C23H29N3O4S/c27-23(24-18-19-7-9-21(10-8-19)25-13-15-30-16-14-25)20-5-4-6-22(17-20)31(28,29)26-11-2-1-3-12-26/h4-10,17H,1-3,11-16,18H2,(H,24,27). The summed E-state index contributed by atoms with van der Waals surface area (Å²) in [6.45, 7) is 4.71. The summed E-state index contributed by atoms with van der Waals surface area (Å²) in [6.07, 6.45) is 2.81. The van der Waals surface area contributed by atoms with Gasteiger partial charge in [-0.1, -0.05) is 24.6 Å². The highest BCUT2D eigenvalue weighted by Crippen LogP contribution is 2.21. The molecule has 8 heteroatoms. The van der Waals surface area contributed by atoms with Crippen LogP contribution in [-0.4, -0.2) is 58.0 Å². The van der Waals surface area contributed by atoms with E-state index in [0.29, 0.717) is 25.2 Å². The quantitative estimate of drug-likeness (QED) is 0.743. The third kappa shape index (κ3) is 5.26. The fourth-order valence-corrected chi connectivity index (χ4v) is 5.55. The second kappa shape index (κ2) is 9.80. The molecule has 0 bridgehead atoms. The zero-order chi connectivity index (χ0) is 21.7. The van der Waals surface area contributed by atoms with Crippen LogP contribution in [0.25, 0.3) is 0 Å². The van der Waals surface area contributed by atoms with Gasteiger partial charge >= 0.3 is 0 Å². The Morgan fingerprint density at radius 3 is 2.35 bits per heavy atom. The largest absolute Gasteiger partial charge is 0.378 e. The number of morpholine rings is 1. The number of rotatable bonds is 6. The van der Waals surface area contributed by atoms with Crippen molar-refractivity contribution in [2.45, 2.75) is 30.7 Å². The molecule has 0 radical (unpaired) electrons. The van der Waals surface area contributed by atoms with Gasteiger partial charge in [0.1, 0.15) is 0 Å². The van der Waals surface area contributed by atoms with Crippen molar-refractivity contribution in [1.29, 1.82) is 0 Å². The molecule has 0 aliphatic carbocycles. The van der Waals surface area contributed by atoms with Crippen LogP contribution in [-0.2, 0) is 21.3 Å². The first-order valence-corrected chi connectivity index (χ1v) is 12.3. The minimum Gasteiger partial charge on any atom is -0.378 e. The third-order valence-corrected chi connectivity index (χ3v) is 7.71. The van der Waals surface area contributed by atoms with E-state index in [4.69, 9.17) is 4.74 Å². The van der Waals surface area contributed by atoms with Crippen LogP contribution in [0.3, 0.4) is 0 Å². The Labute approximate surface area is 184 Å². The van der Waals surface area contributed by atoms with E-state index < -0.39 is 10.0 Å². The maximum absolute atomic E-state index is 12.9. The van der Waals surface area contributed by atoms with Crippen molar-refractivity contribution in [3.05, 3.63) is 59.7 Å². The van der Waals surface area contributed by atoms with E-state index in [9.17, 15) is 13.2 Å². The van der Waals surface area contributed by atoms with Crippen LogP contribution in [0.5, 0.6) is 0 Å². The van der Waals surface area contributed by atoms with Gasteiger partial charge in [0.15, 0.2) is 0 Å². The van der Waals surface area contributed by atoms with Crippen LogP contribution in [0.1, 0.15) is 35.2 Å². The van der Waals surface area contributed by atoms with Crippen LogP contribution in [0.2, 0.25) is 0 Å². The zero-order valence-electron chi connectivity index (χ0n) is 17.6. The Balaban J connectivity index is 1.38. The van der Waals surface area contributed by atoms with Crippen molar-refractivity contribution in [2.75, 3.05) is 44.3 Å². The van der Waals surface area contributed by atoms with Gasteiger partial charge < -0.3 is 15.0 Å². The molecule has 4 rings (SSSR count). The van der Waals surface area contributed by atoms with Crippen molar-refractivity contribution in [1.82, 2.24) is 9.62 Å². The average Bonchev–Trinajstić information content (AvgIpc) is 2.84. The van der Waals surface area contributed by atoms with E-state index in [1.807, 2.05) is 12.1 Å². The molecule has 2 aromatic rings. The first-order chi connectivity index (χ1) is 15.0. The van der Waals surface area contributed by atoms with Crippen molar-refractivity contribution < 1.29 is 17.9 Å². The van der Waals surface area contributed by atoms with E-state index in [0.717, 1.165) is 56.8 Å². The molecule has 2 fully saturated rings. The zero-order valence-corrected chi connectivity index (χ0v) is 18.4. The molecular weight excluding hydrogens is 414 g/mol. The molecule has 0 saturated carbocycles. The monoisotopic (exact) mass is 443 g/mol. The Hall–Kier alpha value is -2.42. The van der Waals surface area contributed by atoms with Gasteiger partial charge in [-0.2, -0.15) is 4.31 Å². The average molecular weight is 444 g/mol. The second-order valence-corrected chi connectivity index (χ2v) is 9.88. The Morgan fingerprint density at radius 2 is 1.65 bits per heavy atom. The Morgan fingerprint density at radius 1 is 0.935 bits per heavy atom. The second-order valence-electron chi connectivity index (χ2n) is 7.94. The van der Waals surface area contributed by atoms with E-state index in [1.54, 1.807) is 18.2 Å². The number of carbonyl (C=O) groups is 1. The van der Waals surface area contributed by atoms with Crippen LogP contribution in [0.4, 0.5) is 5.69 Å². The Bertz CT molecular complexity index is 996. The number of nitrogens with zero attached hydrogens (tertiary/aromatic N) is 2. The smallest absolute Gasteiger partial charge is 0.251 e. The molecule has 0 spiro atoms. The number of carbonyl (C=O) groups excluding carboxylic acids is 1. The lowest BCUT2D eigenvalue weighted by Crippen LogP contribution is -2.36. The summed E-state index contributed by atoms with van der Waals surface area (Å²) in [5, 5.41) is 2.89. The van der Waals surface area contributed by atoms with Gasteiger partial charge in [-0.25, -0.2) is 8.42 Å². The van der Waals surface area contributed by atoms with Gasteiger partial charge in [-0.05, 0) is 48.7 Å². The minimum absolute atomic E-state index is 0.178. The molecule has 1 amide bonds. The van der Waals surface area contributed by atoms with Crippen molar-refractivity contribution in [3.63, 3.8) is 0 Å². The summed E-state index contributed by atoms with van der Waals surface area (Å²) in [6, 6.07) is 14.4. The minimum atomic E-state index is -3.56. The van der Waals surface area contributed by atoms with Gasteiger partial charge in [0, 0.05) is 44.0 Å². The molecule has 2 heterocycles. The highest BCUT2D eigenvalue weighted by atomic mass is 32.2. The molecular formula is C23H29N3O4S. The van der Waals surface area contributed by atoms with Gasteiger partial charge in [-0.15, -0.1) is 0 Å². The summed E-state index contributed by atoms with van der Waals surface area (Å²) in [5.74, 6) is -0.284.